The standard InChI is InChI=1S/C21H17ClN2O/c22-17-3-1-4-18-16(17)12-23-21(19-5-2-10-24(18)19)14-7-6-13-8-9-20(25)15(13)11-14/h1-7,10-11,21,23H,8-9,12H2. The highest BCUT2D eigenvalue weighted by Gasteiger charge is 2.26. The summed E-state index contributed by atoms with van der Waals surface area (Å²) in [7, 11) is 0. The molecule has 0 radical (unpaired) electrons. The summed E-state index contributed by atoms with van der Waals surface area (Å²) < 4.78 is 2.20. The fourth-order valence-electron chi connectivity index (χ4n) is 4.03. The van der Waals surface area contributed by atoms with Crippen LogP contribution < -0.4 is 5.32 Å². The van der Waals surface area contributed by atoms with Crippen molar-refractivity contribution in [3.8, 4) is 5.69 Å². The van der Waals surface area contributed by atoms with Gasteiger partial charge in [0.25, 0.3) is 0 Å². The van der Waals surface area contributed by atoms with Gasteiger partial charge in [0.2, 0.25) is 0 Å². The van der Waals surface area contributed by atoms with Crippen LogP contribution in [0.5, 0.6) is 0 Å². The number of hydrogen-bond donors (Lipinski definition) is 1. The smallest absolute Gasteiger partial charge is 0.163 e. The molecule has 124 valence electrons. The first-order valence-electron chi connectivity index (χ1n) is 8.57. The van der Waals surface area contributed by atoms with Gasteiger partial charge in [0.05, 0.1) is 11.7 Å². The highest BCUT2D eigenvalue weighted by Crippen LogP contribution is 2.34. The fraction of sp³-hybridized carbons (Fsp3) is 0.190. The molecular weight excluding hydrogens is 332 g/mol. The SMILES string of the molecule is O=C1CCc2ccc(C3NCc4c(Cl)cccc4-n4cccc43)cc21. The van der Waals surface area contributed by atoms with Gasteiger partial charge in [-0.15, -0.1) is 0 Å². The van der Waals surface area contributed by atoms with Gasteiger partial charge in [-0.1, -0.05) is 29.8 Å². The van der Waals surface area contributed by atoms with E-state index in [0.717, 1.165) is 39.5 Å². The average Bonchev–Trinajstić information content (AvgIpc) is 3.20. The number of fused-ring (bicyclic) bond motifs is 4. The molecule has 0 amide bonds. The van der Waals surface area contributed by atoms with Gasteiger partial charge in [0.15, 0.2) is 5.78 Å². The summed E-state index contributed by atoms with van der Waals surface area (Å²) in [5, 5.41) is 4.40. The lowest BCUT2D eigenvalue weighted by molar-refractivity contribution is 0.0994. The molecule has 4 heteroatoms. The number of carbonyl (C=O) groups is 1. The first kappa shape index (κ1) is 14.9. The van der Waals surface area contributed by atoms with Crippen LogP contribution in [0.1, 0.15) is 45.2 Å². The van der Waals surface area contributed by atoms with Gasteiger partial charge in [0.1, 0.15) is 0 Å². The van der Waals surface area contributed by atoms with E-state index in [0.29, 0.717) is 13.0 Å². The lowest BCUT2D eigenvalue weighted by Crippen LogP contribution is -2.21. The molecule has 25 heavy (non-hydrogen) atoms. The summed E-state index contributed by atoms with van der Waals surface area (Å²) in [6.07, 6.45) is 3.57. The van der Waals surface area contributed by atoms with Crippen LogP contribution in [-0.4, -0.2) is 10.4 Å². The minimum Gasteiger partial charge on any atom is -0.319 e. The number of halogens is 1. The van der Waals surface area contributed by atoms with Crippen molar-refractivity contribution in [2.75, 3.05) is 0 Å². The minimum absolute atomic E-state index is 0.0252. The zero-order valence-corrected chi connectivity index (χ0v) is 14.4. The van der Waals surface area contributed by atoms with E-state index in [-0.39, 0.29) is 11.8 Å². The Bertz CT molecular complexity index is 1000. The molecule has 5 rings (SSSR count). The first-order chi connectivity index (χ1) is 12.2. The number of benzene rings is 2. The van der Waals surface area contributed by atoms with E-state index in [1.54, 1.807) is 0 Å². The molecule has 2 aromatic carbocycles. The monoisotopic (exact) mass is 348 g/mol. The number of rotatable bonds is 1. The number of hydrogen-bond acceptors (Lipinski definition) is 2. The molecule has 1 N–H and O–H groups in total. The second-order valence-electron chi connectivity index (χ2n) is 6.69. The number of nitrogens with zero attached hydrogens (tertiary/aromatic N) is 1. The third-order valence-corrected chi connectivity index (χ3v) is 5.66. The molecule has 0 spiro atoms. The third-order valence-electron chi connectivity index (χ3n) is 5.30. The Balaban J connectivity index is 1.65. The minimum atomic E-state index is 0.0252. The Morgan fingerprint density at radius 3 is 2.92 bits per heavy atom. The van der Waals surface area contributed by atoms with Gasteiger partial charge in [-0.3, -0.25) is 4.79 Å². The summed E-state index contributed by atoms with van der Waals surface area (Å²) in [5.41, 5.74) is 6.55. The Kier molecular flexibility index (Phi) is 3.34. The van der Waals surface area contributed by atoms with E-state index < -0.39 is 0 Å². The van der Waals surface area contributed by atoms with E-state index in [9.17, 15) is 4.79 Å². The van der Waals surface area contributed by atoms with Crippen LogP contribution >= 0.6 is 11.6 Å². The summed E-state index contributed by atoms with van der Waals surface area (Å²) >= 11 is 6.44. The van der Waals surface area contributed by atoms with Crippen LogP contribution in [-0.2, 0) is 13.0 Å². The first-order valence-corrected chi connectivity index (χ1v) is 8.94. The maximum absolute atomic E-state index is 12.1. The molecule has 1 unspecified atom stereocenters. The molecule has 3 aromatic rings. The molecule has 0 saturated carbocycles. The zero-order valence-electron chi connectivity index (χ0n) is 13.6. The summed E-state index contributed by atoms with van der Waals surface area (Å²) in [5.74, 6) is 0.257. The molecule has 0 bridgehead atoms. The lowest BCUT2D eigenvalue weighted by Gasteiger charge is -2.19. The van der Waals surface area contributed by atoms with Gasteiger partial charge in [-0.2, -0.15) is 0 Å². The van der Waals surface area contributed by atoms with Crippen molar-refractivity contribution < 1.29 is 4.79 Å². The van der Waals surface area contributed by atoms with Crippen LogP contribution in [0.2, 0.25) is 5.02 Å². The maximum Gasteiger partial charge on any atom is 0.163 e. The van der Waals surface area contributed by atoms with Crippen molar-refractivity contribution in [2.45, 2.75) is 25.4 Å². The molecule has 1 aliphatic heterocycles. The Morgan fingerprint density at radius 1 is 1.08 bits per heavy atom. The molecule has 2 aliphatic rings. The van der Waals surface area contributed by atoms with E-state index >= 15 is 0 Å². The fourth-order valence-corrected chi connectivity index (χ4v) is 4.26. The molecule has 1 aliphatic carbocycles. The number of carbonyl (C=O) groups excluding carboxylic acids is 1. The van der Waals surface area contributed by atoms with Crippen molar-refractivity contribution in [2.24, 2.45) is 0 Å². The van der Waals surface area contributed by atoms with E-state index in [1.165, 1.54) is 5.56 Å². The van der Waals surface area contributed by atoms with Crippen LogP contribution in [0, 0.1) is 0 Å². The number of aryl methyl sites for hydroxylation is 1. The number of nitrogens with one attached hydrogen (secondary N) is 1. The summed E-state index contributed by atoms with van der Waals surface area (Å²) in [6.45, 7) is 0.687. The molecule has 0 saturated heterocycles. The van der Waals surface area contributed by atoms with Crippen LogP contribution in [0.3, 0.4) is 0 Å². The zero-order chi connectivity index (χ0) is 17.0. The molecular formula is C21H17ClN2O. The van der Waals surface area contributed by atoms with Crippen molar-refractivity contribution in [1.82, 2.24) is 9.88 Å². The third kappa shape index (κ3) is 2.27. The topological polar surface area (TPSA) is 34.0 Å². The molecule has 3 nitrogen and oxygen atoms in total. The Labute approximate surface area is 151 Å². The van der Waals surface area contributed by atoms with Crippen molar-refractivity contribution in [1.29, 1.82) is 0 Å². The lowest BCUT2D eigenvalue weighted by atomic mass is 9.98. The van der Waals surface area contributed by atoms with Crippen molar-refractivity contribution in [3.63, 3.8) is 0 Å². The highest BCUT2D eigenvalue weighted by atomic mass is 35.5. The van der Waals surface area contributed by atoms with Crippen molar-refractivity contribution >= 4 is 17.4 Å². The highest BCUT2D eigenvalue weighted by molar-refractivity contribution is 6.31. The quantitative estimate of drug-likeness (QED) is 0.704. The van der Waals surface area contributed by atoms with E-state index in [2.05, 4.69) is 52.5 Å². The Hall–Kier alpha value is -2.36. The van der Waals surface area contributed by atoms with Crippen molar-refractivity contribution in [3.05, 3.63) is 87.7 Å². The van der Waals surface area contributed by atoms with Gasteiger partial charge >= 0.3 is 0 Å². The predicted molar refractivity (Wildman–Crippen MR) is 98.6 cm³/mol. The average molecular weight is 349 g/mol. The number of Topliss-reactive ketones (excluding diaryl/α,β-unsaturated/α-hetero) is 1. The Morgan fingerprint density at radius 2 is 2.00 bits per heavy atom. The number of ketones is 1. The summed E-state index contributed by atoms with van der Waals surface area (Å²) in [6, 6.07) is 16.5. The van der Waals surface area contributed by atoms with Gasteiger partial charge < -0.3 is 9.88 Å². The molecule has 1 aromatic heterocycles. The van der Waals surface area contributed by atoms with E-state index in [4.69, 9.17) is 11.6 Å². The maximum atomic E-state index is 12.1. The number of aromatic nitrogens is 1. The second kappa shape index (κ2) is 5.58. The molecule has 0 fully saturated rings. The van der Waals surface area contributed by atoms with Gasteiger partial charge in [-0.25, -0.2) is 0 Å². The summed E-state index contributed by atoms with van der Waals surface area (Å²) in [4.78, 5) is 12.1. The van der Waals surface area contributed by atoms with Gasteiger partial charge in [0, 0.05) is 41.0 Å². The predicted octanol–water partition coefficient (Wildman–Crippen LogP) is 4.45. The van der Waals surface area contributed by atoms with Crippen LogP contribution in [0.25, 0.3) is 5.69 Å². The second-order valence-corrected chi connectivity index (χ2v) is 7.10. The van der Waals surface area contributed by atoms with Crippen LogP contribution in [0.15, 0.2) is 54.7 Å². The van der Waals surface area contributed by atoms with Crippen LogP contribution in [0.4, 0.5) is 0 Å². The normalized spacial score (nSPS) is 18.4. The largest absolute Gasteiger partial charge is 0.319 e. The van der Waals surface area contributed by atoms with E-state index in [1.807, 2.05) is 12.1 Å². The molecule has 1 atom stereocenters. The molecule has 2 heterocycles. The van der Waals surface area contributed by atoms with Gasteiger partial charge in [-0.05, 0) is 47.9 Å².